The summed E-state index contributed by atoms with van der Waals surface area (Å²) in [5.41, 5.74) is 0.487. The molecular weight excluding hydrogens is 217 g/mol. The average molecular weight is 228 g/mol. The van der Waals surface area contributed by atoms with E-state index in [9.17, 15) is 9.18 Å². The Morgan fingerprint density at radius 2 is 2.13 bits per heavy atom. The monoisotopic (exact) mass is 227 g/mol. The van der Waals surface area contributed by atoms with Gasteiger partial charge in [-0.1, -0.05) is 17.7 Å². The minimum absolute atomic E-state index is 0.0220. The highest BCUT2D eigenvalue weighted by molar-refractivity contribution is 6.34. The van der Waals surface area contributed by atoms with Crippen LogP contribution in [0.2, 0.25) is 5.02 Å². The van der Waals surface area contributed by atoms with Crippen LogP contribution in [0.3, 0.4) is 0 Å². The molecule has 1 heterocycles. The average Bonchev–Trinajstić information content (AvgIpc) is 2.23. The third-order valence-corrected chi connectivity index (χ3v) is 2.92. The molecule has 0 bridgehead atoms. The van der Waals surface area contributed by atoms with Crippen LogP contribution in [0, 0.1) is 5.82 Å². The van der Waals surface area contributed by atoms with Crippen LogP contribution in [0.25, 0.3) is 0 Å². The van der Waals surface area contributed by atoms with Crippen LogP contribution < -0.4 is 4.90 Å². The lowest BCUT2D eigenvalue weighted by Gasteiger charge is -2.27. The van der Waals surface area contributed by atoms with Gasteiger partial charge in [0.1, 0.15) is 10.8 Å². The summed E-state index contributed by atoms with van der Waals surface area (Å²) in [6.45, 7) is 0.627. The first-order valence-electron chi connectivity index (χ1n) is 4.94. The number of hydrogen-bond acceptors (Lipinski definition) is 1. The molecule has 2 rings (SSSR count). The fourth-order valence-corrected chi connectivity index (χ4v) is 1.99. The van der Waals surface area contributed by atoms with E-state index in [1.54, 1.807) is 17.0 Å². The first kappa shape index (κ1) is 10.4. The van der Waals surface area contributed by atoms with E-state index < -0.39 is 5.82 Å². The zero-order valence-corrected chi connectivity index (χ0v) is 8.93. The van der Waals surface area contributed by atoms with Crippen LogP contribution in [-0.4, -0.2) is 12.5 Å². The van der Waals surface area contributed by atoms with Gasteiger partial charge in [0.05, 0.1) is 5.69 Å². The summed E-state index contributed by atoms with van der Waals surface area (Å²) < 4.78 is 13.2. The first-order chi connectivity index (χ1) is 7.20. The van der Waals surface area contributed by atoms with Crippen molar-refractivity contribution in [3.05, 3.63) is 29.0 Å². The van der Waals surface area contributed by atoms with Crippen LogP contribution in [0.4, 0.5) is 10.1 Å². The van der Waals surface area contributed by atoms with Crippen molar-refractivity contribution in [3.63, 3.8) is 0 Å². The molecule has 1 amide bonds. The van der Waals surface area contributed by atoms with Crippen LogP contribution in [0.15, 0.2) is 18.2 Å². The Hall–Kier alpha value is -1.09. The van der Waals surface area contributed by atoms with E-state index in [0.29, 0.717) is 18.7 Å². The van der Waals surface area contributed by atoms with Crippen LogP contribution in [0.1, 0.15) is 19.3 Å². The van der Waals surface area contributed by atoms with Crippen molar-refractivity contribution in [2.24, 2.45) is 0 Å². The Morgan fingerprint density at radius 1 is 1.33 bits per heavy atom. The lowest BCUT2D eigenvalue weighted by atomic mass is 10.1. The molecule has 15 heavy (non-hydrogen) atoms. The first-order valence-corrected chi connectivity index (χ1v) is 5.32. The van der Waals surface area contributed by atoms with Crippen molar-refractivity contribution in [2.75, 3.05) is 11.4 Å². The number of benzene rings is 1. The van der Waals surface area contributed by atoms with Crippen molar-refractivity contribution in [3.8, 4) is 0 Å². The van der Waals surface area contributed by atoms with Crippen LogP contribution >= 0.6 is 11.6 Å². The van der Waals surface area contributed by atoms with Crippen LogP contribution in [-0.2, 0) is 4.79 Å². The summed E-state index contributed by atoms with van der Waals surface area (Å²) in [5.74, 6) is -0.457. The number of carbonyl (C=O) groups is 1. The molecule has 0 unspecified atom stereocenters. The van der Waals surface area contributed by atoms with E-state index in [1.807, 2.05) is 0 Å². The highest BCUT2D eigenvalue weighted by Gasteiger charge is 2.22. The van der Waals surface area contributed by atoms with E-state index >= 15 is 0 Å². The van der Waals surface area contributed by atoms with Crippen molar-refractivity contribution in [2.45, 2.75) is 19.3 Å². The number of piperidine rings is 1. The molecule has 1 aromatic carbocycles. The predicted molar refractivity (Wildman–Crippen MR) is 57.6 cm³/mol. The van der Waals surface area contributed by atoms with Gasteiger partial charge < -0.3 is 4.90 Å². The maximum Gasteiger partial charge on any atom is 0.227 e. The van der Waals surface area contributed by atoms with E-state index in [2.05, 4.69) is 0 Å². The Bertz CT molecular complexity index is 394. The molecule has 1 aliphatic heterocycles. The molecule has 0 aromatic heterocycles. The number of nitrogens with zero attached hydrogens (tertiary/aromatic N) is 1. The predicted octanol–water partition coefficient (Wildman–Crippen LogP) is 3.00. The number of halogens is 2. The van der Waals surface area contributed by atoms with Gasteiger partial charge in [-0.25, -0.2) is 4.39 Å². The lowest BCUT2D eigenvalue weighted by Crippen LogP contribution is -2.35. The maximum atomic E-state index is 13.2. The molecule has 1 aliphatic rings. The van der Waals surface area contributed by atoms with Gasteiger partial charge in [-0.15, -0.1) is 0 Å². The van der Waals surface area contributed by atoms with Crippen molar-refractivity contribution < 1.29 is 9.18 Å². The molecule has 1 fully saturated rings. The van der Waals surface area contributed by atoms with Crippen molar-refractivity contribution in [1.82, 2.24) is 0 Å². The highest BCUT2D eigenvalue weighted by atomic mass is 35.5. The molecule has 0 saturated carbocycles. The molecular formula is C11H11ClFNO. The van der Waals surface area contributed by atoms with E-state index in [4.69, 9.17) is 11.6 Å². The Labute approximate surface area is 92.6 Å². The van der Waals surface area contributed by atoms with E-state index in [1.165, 1.54) is 6.07 Å². The second kappa shape index (κ2) is 4.19. The van der Waals surface area contributed by atoms with Gasteiger partial charge in [0.25, 0.3) is 0 Å². The van der Waals surface area contributed by atoms with Gasteiger partial charge in [0, 0.05) is 13.0 Å². The van der Waals surface area contributed by atoms with Gasteiger partial charge in [-0.05, 0) is 25.0 Å². The molecule has 0 aliphatic carbocycles. The maximum absolute atomic E-state index is 13.2. The fraction of sp³-hybridized carbons (Fsp3) is 0.364. The highest BCUT2D eigenvalue weighted by Crippen LogP contribution is 2.30. The summed E-state index contributed by atoms with van der Waals surface area (Å²) in [7, 11) is 0. The molecule has 1 saturated heterocycles. The van der Waals surface area contributed by atoms with Crippen molar-refractivity contribution >= 4 is 23.2 Å². The van der Waals surface area contributed by atoms with Crippen LogP contribution in [0.5, 0.6) is 0 Å². The number of carbonyl (C=O) groups excluding carboxylic acids is 1. The van der Waals surface area contributed by atoms with E-state index in [-0.39, 0.29) is 10.9 Å². The van der Waals surface area contributed by atoms with Gasteiger partial charge in [0.15, 0.2) is 0 Å². The summed E-state index contributed by atoms with van der Waals surface area (Å²) in [6.07, 6.45) is 2.37. The van der Waals surface area contributed by atoms with Gasteiger partial charge in [-0.2, -0.15) is 0 Å². The summed E-state index contributed by atoms with van der Waals surface area (Å²) in [5, 5.41) is 0.0350. The molecule has 80 valence electrons. The Balaban J connectivity index is 2.35. The van der Waals surface area contributed by atoms with E-state index in [0.717, 1.165) is 12.8 Å². The second-order valence-electron chi connectivity index (χ2n) is 3.58. The zero-order valence-electron chi connectivity index (χ0n) is 8.17. The molecule has 0 N–H and O–H groups in total. The zero-order chi connectivity index (χ0) is 10.8. The fourth-order valence-electron chi connectivity index (χ4n) is 1.76. The topological polar surface area (TPSA) is 20.3 Å². The molecule has 4 heteroatoms. The summed E-state index contributed by atoms with van der Waals surface area (Å²) in [6, 6.07) is 4.54. The normalized spacial score (nSPS) is 16.9. The Morgan fingerprint density at radius 3 is 2.87 bits per heavy atom. The lowest BCUT2D eigenvalue weighted by molar-refractivity contribution is -0.119. The molecule has 2 nitrogen and oxygen atoms in total. The third-order valence-electron chi connectivity index (χ3n) is 2.55. The number of hydrogen-bond donors (Lipinski definition) is 0. The molecule has 0 spiro atoms. The van der Waals surface area contributed by atoms with Crippen molar-refractivity contribution in [1.29, 1.82) is 0 Å². The standard InChI is InChI=1S/C11H11ClFNO/c12-11-8(13)4-3-5-9(11)14-7-2-1-6-10(14)15/h3-5H,1-2,6-7H2. The van der Waals surface area contributed by atoms with Gasteiger partial charge in [-0.3, -0.25) is 4.79 Å². The second-order valence-corrected chi connectivity index (χ2v) is 3.95. The largest absolute Gasteiger partial charge is 0.311 e. The summed E-state index contributed by atoms with van der Waals surface area (Å²) >= 11 is 5.82. The molecule has 0 radical (unpaired) electrons. The van der Waals surface area contributed by atoms with Gasteiger partial charge >= 0.3 is 0 Å². The number of rotatable bonds is 1. The smallest absolute Gasteiger partial charge is 0.227 e. The third kappa shape index (κ3) is 1.97. The molecule has 0 atom stereocenters. The minimum Gasteiger partial charge on any atom is -0.311 e. The number of amides is 1. The summed E-state index contributed by atoms with van der Waals surface area (Å²) in [4.78, 5) is 13.2. The molecule has 1 aromatic rings. The minimum atomic E-state index is -0.479. The van der Waals surface area contributed by atoms with Gasteiger partial charge in [0.2, 0.25) is 5.91 Å². The quantitative estimate of drug-likeness (QED) is 0.722. The SMILES string of the molecule is O=C1CCCCN1c1cccc(F)c1Cl. The Kier molecular flexibility index (Phi) is 2.91. The number of anilines is 1.